The van der Waals surface area contributed by atoms with Gasteiger partial charge in [0.2, 0.25) is 0 Å². The van der Waals surface area contributed by atoms with Gasteiger partial charge in [-0.3, -0.25) is 0 Å². The second-order valence-electron chi connectivity index (χ2n) is 2.19. The summed E-state index contributed by atoms with van der Waals surface area (Å²) in [6.45, 7) is 4.96. The molecule has 0 fully saturated rings. The smallest absolute Gasteiger partial charge is 0.323 e. The van der Waals surface area contributed by atoms with E-state index in [2.05, 4.69) is 17.5 Å². The van der Waals surface area contributed by atoms with Gasteiger partial charge < -0.3 is 5.84 Å². The fraction of sp³-hybridized carbons (Fsp3) is 0.286. The van der Waals surface area contributed by atoms with E-state index in [4.69, 9.17) is 0 Å². The summed E-state index contributed by atoms with van der Waals surface area (Å²) in [6, 6.07) is 0. The van der Waals surface area contributed by atoms with Crippen LogP contribution in [0.5, 0.6) is 0 Å². The molecule has 68 valence electrons. The SMILES string of the molecule is C=C(C)/C=C\C(=N/N)C(F)(F)F. The molecule has 12 heavy (non-hydrogen) atoms. The van der Waals surface area contributed by atoms with E-state index < -0.39 is 11.9 Å². The molecule has 0 aliphatic heterocycles. The molecule has 2 N–H and O–H groups in total. The van der Waals surface area contributed by atoms with Crippen molar-refractivity contribution in [3.8, 4) is 0 Å². The van der Waals surface area contributed by atoms with Gasteiger partial charge in [-0.1, -0.05) is 18.2 Å². The largest absolute Gasteiger partial charge is 0.435 e. The van der Waals surface area contributed by atoms with Gasteiger partial charge in [0, 0.05) is 0 Å². The maximum Gasteiger partial charge on any atom is 0.435 e. The first-order valence-corrected chi connectivity index (χ1v) is 3.06. The first-order chi connectivity index (χ1) is 5.38. The quantitative estimate of drug-likeness (QED) is 0.298. The lowest BCUT2D eigenvalue weighted by Crippen LogP contribution is -2.22. The average Bonchev–Trinajstić information content (AvgIpc) is 1.85. The van der Waals surface area contributed by atoms with E-state index in [1.165, 1.54) is 6.08 Å². The third kappa shape index (κ3) is 3.80. The molecule has 0 spiro atoms. The Morgan fingerprint density at radius 3 is 2.17 bits per heavy atom. The molecular weight excluding hydrogens is 169 g/mol. The highest BCUT2D eigenvalue weighted by Gasteiger charge is 2.33. The van der Waals surface area contributed by atoms with E-state index in [9.17, 15) is 13.2 Å². The topological polar surface area (TPSA) is 38.4 Å². The van der Waals surface area contributed by atoms with Crippen LogP contribution in [0.1, 0.15) is 6.92 Å². The van der Waals surface area contributed by atoms with E-state index in [0.717, 1.165) is 6.08 Å². The molecule has 0 aromatic heterocycles. The predicted octanol–water partition coefficient (Wildman–Crippen LogP) is 2.00. The maximum absolute atomic E-state index is 11.9. The highest BCUT2D eigenvalue weighted by molar-refractivity contribution is 5.99. The molecule has 0 aliphatic carbocycles. The van der Waals surface area contributed by atoms with Crippen molar-refractivity contribution in [3.05, 3.63) is 24.3 Å². The van der Waals surface area contributed by atoms with Crippen LogP contribution < -0.4 is 5.84 Å². The number of allylic oxidation sites excluding steroid dienone is 3. The molecule has 0 amide bonds. The van der Waals surface area contributed by atoms with Gasteiger partial charge in [-0.2, -0.15) is 18.3 Å². The molecule has 0 aromatic rings. The number of halogens is 3. The Bertz CT molecular complexity index is 225. The molecule has 0 aromatic carbocycles. The number of alkyl halides is 3. The summed E-state index contributed by atoms with van der Waals surface area (Å²) >= 11 is 0. The molecule has 0 unspecified atom stereocenters. The van der Waals surface area contributed by atoms with Crippen LogP contribution in [0.25, 0.3) is 0 Å². The standard InChI is InChI=1S/C7H9F3N2/c1-5(2)3-4-6(12-11)7(8,9)10/h3-4H,1,11H2,2H3/b4-3-,12-6+. The Labute approximate surface area is 68.3 Å². The molecule has 0 radical (unpaired) electrons. The monoisotopic (exact) mass is 178 g/mol. The summed E-state index contributed by atoms with van der Waals surface area (Å²) in [4.78, 5) is 0. The van der Waals surface area contributed by atoms with Gasteiger partial charge in [-0.25, -0.2) is 0 Å². The van der Waals surface area contributed by atoms with Crippen molar-refractivity contribution in [2.24, 2.45) is 10.9 Å². The van der Waals surface area contributed by atoms with E-state index >= 15 is 0 Å². The van der Waals surface area contributed by atoms with E-state index in [0.29, 0.717) is 5.57 Å². The van der Waals surface area contributed by atoms with Gasteiger partial charge in [-0.05, 0) is 13.0 Å². The fourth-order valence-corrected chi connectivity index (χ4v) is 0.432. The van der Waals surface area contributed by atoms with Crippen molar-refractivity contribution >= 4 is 5.71 Å². The Kier molecular flexibility index (Phi) is 3.53. The third-order valence-electron chi connectivity index (χ3n) is 0.955. The number of hydrogen-bond acceptors (Lipinski definition) is 2. The summed E-state index contributed by atoms with van der Waals surface area (Å²) in [6.07, 6.45) is -2.53. The normalized spacial score (nSPS) is 13.8. The highest BCUT2D eigenvalue weighted by atomic mass is 19.4. The van der Waals surface area contributed by atoms with Crippen molar-refractivity contribution in [3.63, 3.8) is 0 Å². The molecule has 2 nitrogen and oxygen atoms in total. The van der Waals surface area contributed by atoms with E-state index in [-0.39, 0.29) is 0 Å². The number of rotatable bonds is 2. The molecule has 0 saturated heterocycles. The average molecular weight is 178 g/mol. The summed E-state index contributed by atoms with van der Waals surface area (Å²) in [7, 11) is 0. The minimum Gasteiger partial charge on any atom is -0.323 e. The first-order valence-electron chi connectivity index (χ1n) is 3.06. The van der Waals surface area contributed by atoms with E-state index in [1.54, 1.807) is 6.92 Å². The molecule has 5 heteroatoms. The Morgan fingerprint density at radius 1 is 1.42 bits per heavy atom. The Morgan fingerprint density at radius 2 is 1.92 bits per heavy atom. The lowest BCUT2D eigenvalue weighted by molar-refractivity contribution is -0.0578. The second kappa shape index (κ2) is 3.94. The van der Waals surface area contributed by atoms with Gasteiger partial charge in [0.15, 0.2) is 5.71 Å². The van der Waals surface area contributed by atoms with Crippen LogP contribution in [0.4, 0.5) is 13.2 Å². The number of nitrogens with zero attached hydrogens (tertiary/aromatic N) is 1. The maximum atomic E-state index is 11.9. The van der Waals surface area contributed by atoms with Crippen LogP contribution in [0, 0.1) is 0 Å². The van der Waals surface area contributed by atoms with Crippen molar-refractivity contribution in [2.75, 3.05) is 0 Å². The zero-order valence-electron chi connectivity index (χ0n) is 6.52. The summed E-state index contributed by atoms with van der Waals surface area (Å²) in [5.41, 5.74) is -0.620. The predicted molar refractivity (Wildman–Crippen MR) is 41.6 cm³/mol. The van der Waals surface area contributed by atoms with Crippen molar-refractivity contribution in [2.45, 2.75) is 13.1 Å². The van der Waals surface area contributed by atoms with Gasteiger partial charge >= 0.3 is 6.18 Å². The number of nitrogens with two attached hydrogens (primary N) is 1. The van der Waals surface area contributed by atoms with Gasteiger partial charge in [0.1, 0.15) is 0 Å². The van der Waals surface area contributed by atoms with Crippen LogP contribution in [0.15, 0.2) is 29.4 Å². The van der Waals surface area contributed by atoms with Crippen molar-refractivity contribution < 1.29 is 13.2 Å². The molecule has 0 rings (SSSR count). The van der Waals surface area contributed by atoms with Crippen LogP contribution in [-0.4, -0.2) is 11.9 Å². The van der Waals surface area contributed by atoms with Crippen LogP contribution in [0.3, 0.4) is 0 Å². The molecule has 0 atom stereocenters. The summed E-state index contributed by atoms with van der Waals surface area (Å²) in [5, 5.41) is 2.60. The zero-order valence-corrected chi connectivity index (χ0v) is 6.52. The minimum absolute atomic E-state index is 0.500. The lowest BCUT2D eigenvalue weighted by atomic mass is 10.2. The van der Waals surface area contributed by atoms with Gasteiger partial charge in [0.25, 0.3) is 0 Å². The van der Waals surface area contributed by atoms with Crippen LogP contribution in [-0.2, 0) is 0 Å². The first kappa shape index (κ1) is 10.7. The number of hydrazone groups is 1. The second-order valence-corrected chi connectivity index (χ2v) is 2.19. The molecular formula is C7H9F3N2. The van der Waals surface area contributed by atoms with E-state index in [1.807, 2.05) is 0 Å². The summed E-state index contributed by atoms with van der Waals surface area (Å²) in [5.74, 6) is 4.53. The number of hydrogen-bond donors (Lipinski definition) is 1. The molecule has 0 saturated carbocycles. The lowest BCUT2D eigenvalue weighted by Gasteiger charge is -2.03. The van der Waals surface area contributed by atoms with Gasteiger partial charge in [0.05, 0.1) is 0 Å². The highest BCUT2D eigenvalue weighted by Crippen LogP contribution is 2.17. The minimum atomic E-state index is -4.50. The van der Waals surface area contributed by atoms with Crippen LogP contribution in [0.2, 0.25) is 0 Å². The third-order valence-corrected chi connectivity index (χ3v) is 0.955. The van der Waals surface area contributed by atoms with Crippen molar-refractivity contribution in [1.29, 1.82) is 0 Å². The summed E-state index contributed by atoms with van der Waals surface area (Å²) < 4.78 is 35.6. The Balaban J connectivity index is 4.53. The molecule has 0 aliphatic rings. The molecule has 0 heterocycles. The zero-order chi connectivity index (χ0) is 9.78. The van der Waals surface area contributed by atoms with Crippen LogP contribution >= 0.6 is 0 Å². The Hall–Kier alpha value is -1.26. The van der Waals surface area contributed by atoms with Crippen molar-refractivity contribution in [1.82, 2.24) is 0 Å². The van der Waals surface area contributed by atoms with Gasteiger partial charge in [-0.15, -0.1) is 0 Å². The fourth-order valence-electron chi connectivity index (χ4n) is 0.432. The molecule has 0 bridgehead atoms.